The van der Waals surface area contributed by atoms with Crippen molar-refractivity contribution in [2.45, 2.75) is 20.0 Å². The Kier molecular flexibility index (Phi) is 5.27. The molecule has 0 aromatic heterocycles. The summed E-state index contributed by atoms with van der Waals surface area (Å²) in [5, 5.41) is 3.73. The molecule has 1 fully saturated rings. The predicted molar refractivity (Wildman–Crippen MR) is 81.7 cm³/mol. The standard InChI is InChI=1S/C14H18Cl2N2O2/c1-9-3-4-11(15)14(13(9)16)17-12(19)8-18-5-6-20-10(2)7-18/h3-4,10H,5-8H2,1-2H3,(H,17,19). The molecule has 1 aliphatic rings. The van der Waals surface area contributed by atoms with Crippen molar-refractivity contribution in [2.75, 3.05) is 31.6 Å². The van der Waals surface area contributed by atoms with Gasteiger partial charge in [0.05, 0.1) is 35.0 Å². The maximum atomic E-state index is 12.1. The van der Waals surface area contributed by atoms with Crippen molar-refractivity contribution in [1.29, 1.82) is 0 Å². The molecule has 0 saturated carbocycles. The van der Waals surface area contributed by atoms with E-state index in [9.17, 15) is 4.79 Å². The molecule has 1 atom stereocenters. The molecule has 1 unspecified atom stereocenters. The van der Waals surface area contributed by atoms with Gasteiger partial charge < -0.3 is 10.1 Å². The van der Waals surface area contributed by atoms with E-state index < -0.39 is 0 Å². The fourth-order valence-corrected chi connectivity index (χ4v) is 2.65. The summed E-state index contributed by atoms with van der Waals surface area (Å²) in [4.78, 5) is 14.1. The normalized spacial score (nSPS) is 19.9. The number of hydrogen-bond acceptors (Lipinski definition) is 3. The van der Waals surface area contributed by atoms with Gasteiger partial charge in [0.2, 0.25) is 5.91 Å². The largest absolute Gasteiger partial charge is 0.376 e. The summed E-state index contributed by atoms with van der Waals surface area (Å²) >= 11 is 12.3. The molecule has 1 aromatic rings. The van der Waals surface area contributed by atoms with Crippen LogP contribution in [0.25, 0.3) is 0 Å². The molecule has 0 radical (unpaired) electrons. The minimum Gasteiger partial charge on any atom is -0.376 e. The van der Waals surface area contributed by atoms with E-state index in [1.807, 2.05) is 19.9 Å². The van der Waals surface area contributed by atoms with Crippen molar-refractivity contribution in [3.8, 4) is 0 Å². The number of rotatable bonds is 3. The predicted octanol–water partition coefficient (Wildman–Crippen LogP) is 2.96. The first-order valence-corrected chi connectivity index (χ1v) is 7.31. The van der Waals surface area contributed by atoms with Crippen LogP contribution in [0.3, 0.4) is 0 Å². The third kappa shape index (κ3) is 3.85. The molecule has 1 heterocycles. The Hall–Kier alpha value is -0.810. The fourth-order valence-electron chi connectivity index (χ4n) is 2.19. The van der Waals surface area contributed by atoms with Crippen molar-refractivity contribution >= 4 is 34.8 Å². The first-order valence-electron chi connectivity index (χ1n) is 6.55. The number of morpholine rings is 1. The zero-order valence-electron chi connectivity index (χ0n) is 11.6. The van der Waals surface area contributed by atoms with Crippen LogP contribution >= 0.6 is 23.2 Å². The molecule has 0 bridgehead atoms. The molecule has 1 N–H and O–H groups in total. The second-order valence-corrected chi connectivity index (χ2v) is 5.80. The molecule has 4 nitrogen and oxygen atoms in total. The van der Waals surface area contributed by atoms with Gasteiger partial charge >= 0.3 is 0 Å². The van der Waals surface area contributed by atoms with Crippen LogP contribution in [0, 0.1) is 6.92 Å². The Bertz CT molecular complexity index is 508. The number of nitrogens with one attached hydrogen (secondary N) is 1. The van der Waals surface area contributed by atoms with Crippen molar-refractivity contribution in [3.05, 3.63) is 27.7 Å². The van der Waals surface area contributed by atoms with E-state index in [0.717, 1.165) is 18.7 Å². The summed E-state index contributed by atoms with van der Waals surface area (Å²) in [5.74, 6) is -0.117. The lowest BCUT2D eigenvalue weighted by molar-refractivity contribution is -0.119. The van der Waals surface area contributed by atoms with Crippen LogP contribution in [0.4, 0.5) is 5.69 Å². The summed E-state index contributed by atoms with van der Waals surface area (Å²) < 4.78 is 5.45. The molecule has 1 saturated heterocycles. The van der Waals surface area contributed by atoms with E-state index in [2.05, 4.69) is 10.2 Å². The number of nitrogens with zero attached hydrogens (tertiary/aromatic N) is 1. The highest BCUT2D eigenvalue weighted by Crippen LogP contribution is 2.32. The second-order valence-electron chi connectivity index (χ2n) is 5.02. The smallest absolute Gasteiger partial charge is 0.238 e. The third-order valence-corrected chi connectivity index (χ3v) is 4.04. The van der Waals surface area contributed by atoms with E-state index >= 15 is 0 Å². The van der Waals surface area contributed by atoms with Crippen LogP contribution in [0.5, 0.6) is 0 Å². The maximum Gasteiger partial charge on any atom is 0.238 e. The molecular weight excluding hydrogens is 299 g/mol. The minimum atomic E-state index is -0.117. The van der Waals surface area contributed by atoms with Crippen LogP contribution in [0.2, 0.25) is 10.0 Å². The average Bonchev–Trinajstić information content (AvgIpc) is 2.39. The van der Waals surface area contributed by atoms with Gasteiger partial charge in [-0.1, -0.05) is 29.3 Å². The number of carbonyl (C=O) groups excluding carboxylic acids is 1. The van der Waals surface area contributed by atoms with Gasteiger partial charge in [-0.2, -0.15) is 0 Å². The van der Waals surface area contributed by atoms with Crippen molar-refractivity contribution in [1.82, 2.24) is 4.90 Å². The molecule has 2 rings (SSSR count). The zero-order chi connectivity index (χ0) is 14.7. The molecular formula is C14H18Cl2N2O2. The topological polar surface area (TPSA) is 41.6 Å². The SMILES string of the molecule is Cc1ccc(Cl)c(NC(=O)CN2CCOC(C)C2)c1Cl. The number of carbonyl (C=O) groups is 1. The van der Waals surface area contributed by atoms with Crippen molar-refractivity contribution in [3.63, 3.8) is 0 Å². The molecule has 0 aliphatic carbocycles. The number of halogens is 2. The third-order valence-electron chi connectivity index (χ3n) is 3.24. The lowest BCUT2D eigenvalue weighted by Crippen LogP contribution is -2.44. The molecule has 6 heteroatoms. The molecule has 1 aliphatic heterocycles. The maximum absolute atomic E-state index is 12.1. The molecule has 110 valence electrons. The zero-order valence-corrected chi connectivity index (χ0v) is 13.1. The number of hydrogen-bond donors (Lipinski definition) is 1. The number of amides is 1. The van der Waals surface area contributed by atoms with Crippen LogP contribution in [0.1, 0.15) is 12.5 Å². The summed E-state index contributed by atoms with van der Waals surface area (Å²) in [6.07, 6.45) is 0.155. The molecule has 1 aromatic carbocycles. The Morgan fingerprint density at radius 3 is 2.95 bits per heavy atom. The van der Waals surface area contributed by atoms with Gasteiger partial charge in [-0.05, 0) is 25.5 Å². The Morgan fingerprint density at radius 1 is 1.50 bits per heavy atom. The monoisotopic (exact) mass is 316 g/mol. The molecule has 1 amide bonds. The quantitative estimate of drug-likeness (QED) is 0.932. The van der Waals surface area contributed by atoms with Gasteiger partial charge in [-0.25, -0.2) is 0 Å². The highest BCUT2D eigenvalue weighted by atomic mass is 35.5. The van der Waals surface area contributed by atoms with E-state index in [1.165, 1.54) is 0 Å². The number of ether oxygens (including phenoxy) is 1. The van der Waals surface area contributed by atoms with Gasteiger partial charge in [0, 0.05) is 13.1 Å². The Labute approximate surface area is 129 Å². The first kappa shape index (κ1) is 15.6. The molecule has 0 spiro atoms. The highest BCUT2D eigenvalue weighted by molar-refractivity contribution is 6.40. The van der Waals surface area contributed by atoms with Crippen molar-refractivity contribution in [2.24, 2.45) is 0 Å². The lowest BCUT2D eigenvalue weighted by Gasteiger charge is -2.30. The van der Waals surface area contributed by atoms with Crippen molar-refractivity contribution < 1.29 is 9.53 Å². The Morgan fingerprint density at radius 2 is 2.25 bits per heavy atom. The van der Waals surface area contributed by atoms with Gasteiger partial charge in [0.25, 0.3) is 0 Å². The number of anilines is 1. The second kappa shape index (κ2) is 6.76. The molecule has 20 heavy (non-hydrogen) atoms. The van der Waals surface area contributed by atoms with Gasteiger partial charge in [0.1, 0.15) is 0 Å². The van der Waals surface area contributed by atoms with Gasteiger partial charge in [0.15, 0.2) is 0 Å². The van der Waals surface area contributed by atoms with Crippen LogP contribution < -0.4 is 5.32 Å². The number of aryl methyl sites for hydroxylation is 1. The summed E-state index contributed by atoms with van der Waals surface area (Å²) in [5.41, 5.74) is 1.37. The average molecular weight is 317 g/mol. The van der Waals surface area contributed by atoms with E-state index in [-0.39, 0.29) is 12.0 Å². The van der Waals surface area contributed by atoms with E-state index in [1.54, 1.807) is 6.07 Å². The fraction of sp³-hybridized carbons (Fsp3) is 0.500. The van der Waals surface area contributed by atoms with Crippen LogP contribution in [-0.2, 0) is 9.53 Å². The van der Waals surface area contributed by atoms with E-state index in [0.29, 0.717) is 28.9 Å². The van der Waals surface area contributed by atoms with Gasteiger partial charge in [-0.15, -0.1) is 0 Å². The lowest BCUT2D eigenvalue weighted by atomic mass is 10.2. The Balaban J connectivity index is 2.00. The highest BCUT2D eigenvalue weighted by Gasteiger charge is 2.20. The number of benzene rings is 1. The summed E-state index contributed by atoms with van der Waals surface area (Å²) in [6, 6.07) is 3.55. The summed E-state index contributed by atoms with van der Waals surface area (Å²) in [6.45, 7) is 6.35. The first-order chi connectivity index (χ1) is 9.47. The van der Waals surface area contributed by atoms with E-state index in [4.69, 9.17) is 27.9 Å². The summed E-state index contributed by atoms with van der Waals surface area (Å²) in [7, 11) is 0. The van der Waals surface area contributed by atoms with Crippen LogP contribution in [0.15, 0.2) is 12.1 Å². The van der Waals surface area contributed by atoms with Gasteiger partial charge in [-0.3, -0.25) is 9.69 Å². The van der Waals surface area contributed by atoms with Crippen LogP contribution in [-0.4, -0.2) is 43.2 Å². The minimum absolute atomic E-state index is 0.117.